The van der Waals surface area contributed by atoms with E-state index in [0.29, 0.717) is 19.3 Å². The molecule has 46 heavy (non-hydrogen) atoms. The number of ether oxygens (including phenoxy) is 3. The average molecular weight is 671 g/mol. The van der Waals surface area contributed by atoms with Crippen LogP contribution in [0.25, 0.3) is 0 Å². The van der Waals surface area contributed by atoms with Gasteiger partial charge in [-0.05, 0) is 57.3 Å². The molecular weight excluding hydrogens is 607 g/mol. The summed E-state index contributed by atoms with van der Waals surface area (Å²) in [5.41, 5.74) is 0. The van der Waals surface area contributed by atoms with Crippen molar-refractivity contribution < 1.29 is 42.7 Å². The summed E-state index contributed by atoms with van der Waals surface area (Å²) in [5.74, 6) is -0.184. The molecular formula is C36H63O9P. The number of epoxide rings is 1. The van der Waals surface area contributed by atoms with Gasteiger partial charge < -0.3 is 24.0 Å². The predicted molar refractivity (Wildman–Crippen MR) is 183 cm³/mol. The maximum absolute atomic E-state index is 12.3. The topological polar surface area (TPSA) is 132 Å². The number of rotatable bonds is 30. The lowest BCUT2D eigenvalue weighted by molar-refractivity contribution is -0.161. The summed E-state index contributed by atoms with van der Waals surface area (Å²) in [4.78, 5) is 42.6. The number of unbranched alkanes of at least 4 members (excludes halogenated alkanes) is 9. The van der Waals surface area contributed by atoms with Crippen LogP contribution < -0.4 is 0 Å². The van der Waals surface area contributed by atoms with Gasteiger partial charge in [-0.3, -0.25) is 14.1 Å². The molecule has 0 aromatic heterocycles. The number of hydrogen-bond donors (Lipinski definition) is 2. The lowest BCUT2D eigenvalue weighted by Crippen LogP contribution is -2.29. The zero-order valence-electron chi connectivity index (χ0n) is 28.8. The zero-order valence-corrected chi connectivity index (χ0v) is 29.7. The van der Waals surface area contributed by atoms with Crippen molar-refractivity contribution in [3.63, 3.8) is 0 Å². The summed E-state index contributed by atoms with van der Waals surface area (Å²) in [7, 11) is -4.77. The first-order valence-corrected chi connectivity index (χ1v) is 19.3. The predicted octanol–water partition coefficient (Wildman–Crippen LogP) is 9.07. The fourth-order valence-corrected chi connectivity index (χ4v) is 5.27. The molecule has 1 aliphatic heterocycles. The van der Waals surface area contributed by atoms with Crippen LogP contribution in [-0.2, 0) is 32.9 Å². The molecule has 9 nitrogen and oxygen atoms in total. The van der Waals surface area contributed by atoms with Gasteiger partial charge in [-0.15, -0.1) is 0 Å². The van der Waals surface area contributed by atoms with Crippen LogP contribution in [0.5, 0.6) is 0 Å². The number of esters is 2. The molecule has 0 aliphatic carbocycles. The molecule has 3 unspecified atom stereocenters. The molecule has 0 aromatic carbocycles. The summed E-state index contributed by atoms with van der Waals surface area (Å²) >= 11 is 0. The molecule has 10 heteroatoms. The van der Waals surface area contributed by atoms with Crippen LogP contribution in [0.1, 0.15) is 143 Å². The van der Waals surface area contributed by atoms with E-state index in [2.05, 4.69) is 55.7 Å². The number of allylic oxidation sites excluding steroid dienone is 4. The van der Waals surface area contributed by atoms with E-state index in [1.54, 1.807) is 0 Å². The summed E-state index contributed by atoms with van der Waals surface area (Å²) in [5, 5.41) is 0. The van der Waals surface area contributed by atoms with E-state index in [9.17, 15) is 14.2 Å². The highest BCUT2D eigenvalue weighted by Gasteiger charge is 2.36. The zero-order chi connectivity index (χ0) is 33.9. The Balaban J connectivity index is 2.19. The SMILES string of the molecule is CCCCC/C=C\C/C=C\CC1OC1C/C=C\CCCC(=O)O[C@H](COC(=O)CCCCCCCCC(C)CC)COP(=O)(O)O. The quantitative estimate of drug-likeness (QED) is 0.0252. The van der Waals surface area contributed by atoms with E-state index in [4.69, 9.17) is 24.0 Å². The van der Waals surface area contributed by atoms with Crippen LogP contribution in [0, 0.1) is 5.92 Å². The van der Waals surface area contributed by atoms with Gasteiger partial charge in [-0.2, -0.15) is 0 Å². The van der Waals surface area contributed by atoms with Gasteiger partial charge in [0.1, 0.15) is 6.61 Å². The maximum atomic E-state index is 12.3. The highest BCUT2D eigenvalue weighted by Crippen LogP contribution is 2.36. The van der Waals surface area contributed by atoms with Crippen LogP contribution in [-0.4, -0.2) is 53.3 Å². The third-order valence-electron chi connectivity index (χ3n) is 8.10. The van der Waals surface area contributed by atoms with Crippen LogP contribution in [0.2, 0.25) is 0 Å². The van der Waals surface area contributed by atoms with E-state index >= 15 is 0 Å². The Morgan fingerprint density at radius 3 is 2.07 bits per heavy atom. The molecule has 0 saturated carbocycles. The van der Waals surface area contributed by atoms with Gasteiger partial charge in [-0.25, -0.2) is 4.57 Å². The molecule has 0 amide bonds. The van der Waals surface area contributed by atoms with Crippen LogP contribution in [0.15, 0.2) is 36.5 Å². The van der Waals surface area contributed by atoms with Gasteiger partial charge >= 0.3 is 19.8 Å². The number of hydrogen-bond acceptors (Lipinski definition) is 7. The fourth-order valence-electron chi connectivity index (χ4n) is 4.91. The monoisotopic (exact) mass is 670 g/mol. The van der Waals surface area contributed by atoms with E-state index in [-0.39, 0.29) is 31.7 Å². The summed E-state index contributed by atoms with van der Waals surface area (Å²) in [6, 6.07) is 0. The lowest BCUT2D eigenvalue weighted by Gasteiger charge is -2.18. The molecule has 1 aliphatic rings. The fraction of sp³-hybridized carbons (Fsp3) is 0.778. The second-order valence-corrected chi connectivity index (χ2v) is 13.7. The van der Waals surface area contributed by atoms with Gasteiger partial charge in [0, 0.05) is 12.8 Å². The largest absolute Gasteiger partial charge is 0.469 e. The Morgan fingerprint density at radius 1 is 0.761 bits per heavy atom. The third-order valence-corrected chi connectivity index (χ3v) is 8.59. The molecule has 0 bridgehead atoms. The summed E-state index contributed by atoms with van der Waals surface area (Å²) in [6.07, 6.45) is 30.5. The third kappa shape index (κ3) is 26.3. The minimum Gasteiger partial charge on any atom is -0.462 e. The van der Waals surface area contributed by atoms with Gasteiger partial charge in [0.15, 0.2) is 6.10 Å². The van der Waals surface area contributed by atoms with Crippen LogP contribution in [0.4, 0.5) is 0 Å². The average Bonchev–Trinajstić information content (AvgIpc) is 3.77. The second kappa shape index (κ2) is 27.2. The van der Waals surface area contributed by atoms with Gasteiger partial charge in [0.2, 0.25) is 0 Å². The Morgan fingerprint density at radius 2 is 1.37 bits per heavy atom. The first-order chi connectivity index (χ1) is 22.1. The highest BCUT2D eigenvalue weighted by molar-refractivity contribution is 7.46. The van der Waals surface area contributed by atoms with Crippen molar-refractivity contribution in [3.8, 4) is 0 Å². The van der Waals surface area contributed by atoms with Crippen molar-refractivity contribution in [2.24, 2.45) is 5.92 Å². The van der Waals surface area contributed by atoms with Crippen molar-refractivity contribution in [3.05, 3.63) is 36.5 Å². The maximum Gasteiger partial charge on any atom is 0.469 e. The van der Waals surface area contributed by atoms with Gasteiger partial charge in [0.05, 0.1) is 18.8 Å². The number of carbonyl (C=O) groups is 2. The minimum atomic E-state index is -4.77. The Hall–Kier alpha value is -1.77. The molecule has 0 radical (unpaired) electrons. The molecule has 1 saturated heterocycles. The van der Waals surface area contributed by atoms with Crippen molar-refractivity contribution >= 4 is 19.8 Å². The molecule has 266 valence electrons. The Bertz CT molecular complexity index is 926. The number of phosphoric acid groups is 1. The van der Waals surface area contributed by atoms with E-state index in [1.807, 2.05) is 6.08 Å². The standard InChI is InChI=1S/C36H63O9P/c1-4-6-7-8-9-10-11-15-20-25-33-34(45-33)26-21-17-18-23-28-36(38)44-32(30-43-46(39,40)41)29-42-35(37)27-22-16-13-12-14-19-24-31(3)5-2/h9-10,15,17,20-21,31-34H,4-8,11-14,16,18-19,22-30H2,1-3H3,(H2,39,40,41)/b10-9-,20-15-,21-17-/t31?,32-,33?,34?/m1/s1. The molecule has 1 heterocycles. The first kappa shape index (κ1) is 42.3. The minimum absolute atomic E-state index is 0.127. The normalized spacial score (nSPS) is 18.0. The first-order valence-electron chi connectivity index (χ1n) is 17.8. The number of carbonyl (C=O) groups excluding carboxylic acids is 2. The highest BCUT2D eigenvalue weighted by atomic mass is 31.2. The van der Waals surface area contributed by atoms with Gasteiger partial charge in [0.25, 0.3) is 0 Å². The molecule has 0 spiro atoms. The smallest absolute Gasteiger partial charge is 0.462 e. The van der Waals surface area contributed by atoms with E-state index in [0.717, 1.165) is 50.9 Å². The second-order valence-electron chi connectivity index (χ2n) is 12.5. The van der Waals surface area contributed by atoms with Gasteiger partial charge in [-0.1, -0.05) is 115 Å². The number of phosphoric ester groups is 1. The molecule has 0 aromatic rings. The summed E-state index contributed by atoms with van der Waals surface area (Å²) in [6.45, 7) is 5.84. The Labute approximate surface area is 278 Å². The summed E-state index contributed by atoms with van der Waals surface area (Å²) < 4.78 is 31.9. The molecule has 1 fully saturated rings. The molecule has 4 atom stereocenters. The van der Waals surface area contributed by atoms with Crippen LogP contribution >= 0.6 is 7.82 Å². The van der Waals surface area contributed by atoms with Crippen LogP contribution in [0.3, 0.4) is 0 Å². The molecule has 1 rings (SSSR count). The van der Waals surface area contributed by atoms with Crippen molar-refractivity contribution in [2.45, 2.75) is 161 Å². The van der Waals surface area contributed by atoms with E-state index in [1.165, 1.54) is 44.9 Å². The van der Waals surface area contributed by atoms with E-state index < -0.39 is 32.5 Å². The van der Waals surface area contributed by atoms with Crippen molar-refractivity contribution in [1.29, 1.82) is 0 Å². The van der Waals surface area contributed by atoms with Crippen molar-refractivity contribution in [2.75, 3.05) is 13.2 Å². The Kier molecular flexibility index (Phi) is 25.0. The van der Waals surface area contributed by atoms with Crippen molar-refractivity contribution in [1.82, 2.24) is 0 Å². The lowest BCUT2D eigenvalue weighted by atomic mass is 10.00. The molecule has 2 N–H and O–H groups in total.